The molecule has 0 aliphatic heterocycles. The van der Waals surface area contributed by atoms with Crippen LogP contribution in [0, 0.1) is 13.0 Å². The Labute approximate surface area is 130 Å². The van der Waals surface area contributed by atoms with E-state index in [1.165, 1.54) is 16.3 Å². The Kier molecular flexibility index (Phi) is 3.25. The molecule has 0 saturated carbocycles. The van der Waals surface area contributed by atoms with E-state index in [0.29, 0.717) is 0 Å². The van der Waals surface area contributed by atoms with Crippen LogP contribution in [0.1, 0.15) is 5.56 Å². The van der Waals surface area contributed by atoms with Gasteiger partial charge >= 0.3 is 0 Å². The molecule has 0 aliphatic rings. The minimum absolute atomic E-state index is 0. The van der Waals surface area contributed by atoms with Crippen LogP contribution in [-0.2, 0) is 20.1 Å². The first kappa shape index (κ1) is 13.2. The zero-order chi connectivity index (χ0) is 12.8. The maximum atomic E-state index is 4.55. The summed E-state index contributed by atoms with van der Waals surface area (Å²) >= 11 is 0. The number of benzene rings is 2. The molecular weight excluding hydrogens is 424 g/mol. The van der Waals surface area contributed by atoms with Crippen molar-refractivity contribution in [2.75, 3.05) is 0 Å². The summed E-state index contributed by atoms with van der Waals surface area (Å²) in [5, 5.41) is 4.58. The molecule has 0 unspecified atom stereocenters. The topological polar surface area (TPSA) is 25.8 Å². The van der Waals surface area contributed by atoms with E-state index in [1.54, 1.807) is 6.20 Å². The Morgan fingerprint density at radius 3 is 2.60 bits per heavy atom. The molecule has 0 bridgehead atoms. The van der Waals surface area contributed by atoms with Crippen molar-refractivity contribution in [1.82, 2.24) is 9.97 Å². The summed E-state index contributed by atoms with van der Waals surface area (Å²) in [6.07, 6.45) is 3.62. The van der Waals surface area contributed by atoms with Crippen LogP contribution in [0.25, 0.3) is 32.6 Å². The number of hydrogen-bond acceptors (Lipinski definition) is 2. The molecule has 99 valence electrons. The Bertz CT molecular complexity index is 887. The van der Waals surface area contributed by atoms with Crippen LogP contribution in [0.5, 0.6) is 0 Å². The van der Waals surface area contributed by atoms with E-state index >= 15 is 0 Å². The first-order valence-corrected chi connectivity index (χ1v) is 6.28. The molecule has 3 heteroatoms. The van der Waals surface area contributed by atoms with Gasteiger partial charge in [-0.1, -0.05) is 41.4 Å². The molecule has 2 heterocycles. The third kappa shape index (κ3) is 1.75. The third-order valence-corrected chi connectivity index (χ3v) is 3.59. The SMILES string of the molecule is Cc1cccc2c3cccnc3c3[c-]ccnc3c12.[Ir]. The van der Waals surface area contributed by atoms with Crippen molar-refractivity contribution >= 4 is 32.6 Å². The average Bonchev–Trinajstić information content (AvgIpc) is 2.47. The standard InChI is InChI=1S/C17H11N2.Ir/c1-11-5-2-6-12-13-7-3-9-18-16(13)14-8-4-10-19-17(14)15(11)12;/h2-7,9-10H,1H3;/q-1;. The van der Waals surface area contributed by atoms with Gasteiger partial charge < -0.3 is 9.97 Å². The van der Waals surface area contributed by atoms with Crippen LogP contribution < -0.4 is 0 Å². The summed E-state index contributed by atoms with van der Waals surface area (Å²) in [5.41, 5.74) is 3.20. The second-order valence-electron chi connectivity index (χ2n) is 4.71. The van der Waals surface area contributed by atoms with Gasteiger partial charge in [0.2, 0.25) is 0 Å². The number of rotatable bonds is 0. The van der Waals surface area contributed by atoms with Gasteiger partial charge in [-0.05, 0) is 40.2 Å². The molecule has 2 aromatic heterocycles. The summed E-state index contributed by atoms with van der Waals surface area (Å²) in [6, 6.07) is 15.6. The maximum Gasteiger partial charge on any atom is 0.0161 e. The van der Waals surface area contributed by atoms with Gasteiger partial charge in [-0.15, -0.1) is 12.1 Å². The monoisotopic (exact) mass is 436 g/mol. The fourth-order valence-electron chi connectivity index (χ4n) is 2.76. The van der Waals surface area contributed by atoms with Gasteiger partial charge in [0.05, 0.1) is 0 Å². The van der Waals surface area contributed by atoms with E-state index in [2.05, 4.69) is 47.2 Å². The summed E-state index contributed by atoms with van der Waals surface area (Å²) in [4.78, 5) is 9.07. The average molecular weight is 436 g/mol. The molecule has 2 aromatic carbocycles. The molecule has 20 heavy (non-hydrogen) atoms. The summed E-state index contributed by atoms with van der Waals surface area (Å²) < 4.78 is 0. The van der Waals surface area contributed by atoms with Crippen molar-refractivity contribution in [3.8, 4) is 0 Å². The summed E-state index contributed by atoms with van der Waals surface area (Å²) in [5.74, 6) is 0. The van der Waals surface area contributed by atoms with Crippen molar-refractivity contribution in [2.24, 2.45) is 0 Å². The Balaban J connectivity index is 0.00000121. The van der Waals surface area contributed by atoms with Gasteiger partial charge in [-0.3, -0.25) is 0 Å². The van der Waals surface area contributed by atoms with E-state index in [9.17, 15) is 0 Å². The van der Waals surface area contributed by atoms with Crippen molar-refractivity contribution < 1.29 is 20.1 Å². The van der Waals surface area contributed by atoms with Gasteiger partial charge in [-0.25, -0.2) is 0 Å². The number of fused-ring (bicyclic) bond motifs is 6. The van der Waals surface area contributed by atoms with E-state index in [-0.39, 0.29) is 20.1 Å². The first-order chi connectivity index (χ1) is 9.36. The van der Waals surface area contributed by atoms with E-state index in [4.69, 9.17) is 0 Å². The number of aromatic nitrogens is 2. The zero-order valence-corrected chi connectivity index (χ0v) is 13.2. The molecule has 0 saturated heterocycles. The van der Waals surface area contributed by atoms with Crippen LogP contribution in [0.15, 0.2) is 48.8 Å². The zero-order valence-electron chi connectivity index (χ0n) is 10.8. The fourth-order valence-corrected chi connectivity index (χ4v) is 2.76. The fraction of sp³-hybridized carbons (Fsp3) is 0.0588. The molecule has 1 radical (unpaired) electrons. The largest absolute Gasteiger partial charge is 0.352 e. The van der Waals surface area contributed by atoms with E-state index in [0.717, 1.165) is 21.8 Å². The number of nitrogens with zero attached hydrogens (tertiary/aromatic N) is 2. The van der Waals surface area contributed by atoms with Gasteiger partial charge in [-0.2, -0.15) is 0 Å². The predicted molar refractivity (Wildman–Crippen MR) is 78.1 cm³/mol. The van der Waals surface area contributed by atoms with E-state index in [1.807, 2.05) is 18.3 Å². The van der Waals surface area contributed by atoms with Crippen molar-refractivity contribution in [2.45, 2.75) is 6.92 Å². The van der Waals surface area contributed by atoms with Crippen LogP contribution in [0.3, 0.4) is 0 Å². The second-order valence-corrected chi connectivity index (χ2v) is 4.71. The van der Waals surface area contributed by atoms with Gasteiger partial charge in [0, 0.05) is 26.3 Å². The molecule has 0 amide bonds. The van der Waals surface area contributed by atoms with Crippen molar-refractivity contribution in [1.29, 1.82) is 0 Å². The second kappa shape index (κ2) is 4.93. The van der Waals surface area contributed by atoms with Crippen molar-refractivity contribution in [3.05, 3.63) is 60.4 Å². The smallest absolute Gasteiger partial charge is 0.0161 e. The molecule has 0 aliphatic carbocycles. The number of pyridine rings is 2. The normalized spacial score (nSPS) is 10.8. The van der Waals surface area contributed by atoms with Crippen LogP contribution in [0.4, 0.5) is 0 Å². The van der Waals surface area contributed by atoms with Crippen molar-refractivity contribution in [3.63, 3.8) is 0 Å². The Hall–Kier alpha value is -1.83. The van der Waals surface area contributed by atoms with Crippen LogP contribution in [0.2, 0.25) is 0 Å². The summed E-state index contributed by atoms with van der Waals surface area (Å²) in [7, 11) is 0. The van der Waals surface area contributed by atoms with E-state index < -0.39 is 0 Å². The first-order valence-electron chi connectivity index (χ1n) is 6.28. The van der Waals surface area contributed by atoms with Gasteiger partial charge in [0.25, 0.3) is 0 Å². The minimum Gasteiger partial charge on any atom is -0.352 e. The Morgan fingerprint density at radius 1 is 0.900 bits per heavy atom. The Morgan fingerprint density at radius 2 is 1.70 bits per heavy atom. The number of hydrogen-bond donors (Lipinski definition) is 0. The molecule has 0 N–H and O–H groups in total. The minimum atomic E-state index is 0. The van der Waals surface area contributed by atoms with Crippen LogP contribution in [-0.4, -0.2) is 9.97 Å². The molecule has 0 fully saturated rings. The van der Waals surface area contributed by atoms with Gasteiger partial charge in [0.15, 0.2) is 0 Å². The van der Waals surface area contributed by atoms with Crippen LogP contribution >= 0.6 is 0 Å². The quantitative estimate of drug-likeness (QED) is 0.308. The van der Waals surface area contributed by atoms with Gasteiger partial charge in [0.1, 0.15) is 0 Å². The number of aryl methyl sites for hydroxylation is 1. The molecular formula is C17H11IrN2-. The third-order valence-electron chi connectivity index (χ3n) is 3.59. The molecule has 4 rings (SSSR count). The molecule has 2 nitrogen and oxygen atoms in total. The molecule has 0 atom stereocenters. The molecule has 0 spiro atoms. The predicted octanol–water partition coefficient (Wildman–Crippen LogP) is 4.04. The maximum absolute atomic E-state index is 4.55. The molecule has 4 aromatic rings. The summed E-state index contributed by atoms with van der Waals surface area (Å²) in [6.45, 7) is 2.12.